The average Bonchev–Trinajstić information content (AvgIpc) is 2.74. The number of aromatic hydroxyl groups is 1. The van der Waals surface area contributed by atoms with E-state index in [4.69, 9.17) is 14.2 Å². The number of fused-ring (bicyclic) bond motifs is 1. The van der Waals surface area contributed by atoms with Crippen LogP contribution in [0.15, 0.2) is 12.1 Å². The Balaban J connectivity index is 1.78. The van der Waals surface area contributed by atoms with E-state index in [0.29, 0.717) is 30.8 Å². The summed E-state index contributed by atoms with van der Waals surface area (Å²) in [5.41, 5.74) is 0.439. The first-order valence-electron chi connectivity index (χ1n) is 6.45. The minimum atomic E-state index is -0.589. The molecule has 2 heterocycles. The van der Waals surface area contributed by atoms with Gasteiger partial charge < -0.3 is 19.3 Å². The van der Waals surface area contributed by atoms with Gasteiger partial charge in [0.2, 0.25) is 0 Å². The van der Waals surface area contributed by atoms with Crippen LogP contribution in [-0.2, 0) is 15.9 Å². The molecule has 0 unspecified atom stereocenters. The van der Waals surface area contributed by atoms with Crippen molar-refractivity contribution < 1.29 is 23.7 Å². The molecule has 4 nitrogen and oxygen atoms in total. The summed E-state index contributed by atoms with van der Waals surface area (Å²) < 4.78 is 30.8. The standard InChI is InChI=1S/C14H17FO4/c1-14(2)17-7-12(19-14)11-5-3-8-10(18-11)6-4-9(16)13(8)15/h4,6,11-12,16H,3,5,7H2,1-2H3/t11-,12-/m0/s1. The average molecular weight is 268 g/mol. The SMILES string of the molecule is CC1(C)OC[C@@H]([C@@H]2CCc3c(ccc(O)c3F)O2)O1. The summed E-state index contributed by atoms with van der Waals surface area (Å²) >= 11 is 0. The van der Waals surface area contributed by atoms with E-state index in [9.17, 15) is 9.50 Å². The minimum absolute atomic E-state index is 0.139. The maximum absolute atomic E-state index is 13.7. The summed E-state index contributed by atoms with van der Waals surface area (Å²) in [5, 5.41) is 9.35. The van der Waals surface area contributed by atoms with Gasteiger partial charge in [0, 0.05) is 5.56 Å². The second-order valence-electron chi connectivity index (χ2n) is 5.44. The van der Waals surface area contributed by atoms with Crippen LogP contribution < -0.4 is 4.74 Å². The van der Waals surface area contributed by atoms with Crippen LogP contribution >= 0.6 is 0 Å². The van der Waals surface area contributed by atoms with E-state index >= 15 is 0 Å². The molecule has 0 aromatic heterocycles. The van der Waals surface area contributed by atoms with E-state index in [1.165, 1.54) is 6.07 Å². The van der Waals surface area contributed by atoms with Crippen molar-refractivity contribution in [3.63, 3.8) is 0 Å². The summed E-state index contributed by atoms with van der Waals surface area (Å²) in [6.07, 6.45) is 0.899. The van der Waals surface area contributed by atoms with Crippen molar-refractivity contribution in [2.45, 2.75) is 44.7 Å². The zero-order valence-corrected chi connectivity index (χ0v) is 11.0. The number of halogens is 1. The fourth-order valence-electron chi connectivity index (χ4n) is 2.60. The topological polar surface area (TPSA) is 47.9 Å². The Morgan fingerprint density at radius 3 is 2.79 bits per heavy atom. The molecule has 104 valence electrons. The molecule has 0 aliphatic carbocycles. The van der Waals surface area contributed by atoms with Gasteiger partial charge >= 0.3 is 0 Å². The van der Waals surface area contributed by atoms with Gasteiger partial charge in [-0.25, -0.2) is 4.39 Å². The maximum Gasteiger partial charge on any atom is 0.171 e. The monoisotopic (exact) mass is 268 g/mol. The summed E-state index contributed by atoms with van der Waals surface area (Å²) in [6, 6.07) is 2.91. The van der Waals surface area contributed by atoms with Crippen LogP contribution in [0, 0.1) is 5.82 Å². The minimum Gasteiger partial charge on any atom is -0.505 e. The molecular weight excluding hydrogens is 251 g/mol. The molecule has 19 heavy (non-hydrogen) atoms. The number of phenols is 1. The summed E-state index contributed by atoms with van der Waals surface area (Å²) in [5.74, 6) is -1.02. The Hall–Kier alpha value is -1.33. The molecule has 1 aromatic rings. The van der Waals surface area contributed by atoms with Crippen molar-refractivity contribution in [3.05, 3.63) is 23.5 Å². The van der Waals surface area contributed by atoms with Crippen LogP contribution in [0.4, 0.5) is 4.39 Å². The third-order valence-corrected chi connectivity index (χ3v) is 3.58. The number of benzene rings is 1. The molecule has 1 aromatic carbocycles. The van der Waals surface area contributed by atoms with Crippen molar-refractivity contribution >= 4 is 0 Å². The van der Waals surface area contributed by atoms with Crippen LogP contribution in [0.2, 0.25) is 0 Å². The molecule has 0 radical (unpaired) electrons. The van der Waals surface area contributed by atoms with Crippen LogP contribution in [-0.4, -0.2) is 29.7 Å². The first kappa shape index (κ1) is 12.7. The molecule has 0 amide bonds. The van der Waals surface area contributed by atoms with Crippen LogP contribution in [0.5, 0.6) is 11.5 Å². The fraction of sp³-hybridized carbons (Fsp3) is 0.571. The second kappa shape index (κ2) is 4.35. The number of phenolic OH excluding ortho intramolecular Hbond substituents is 1. The molecule has 0 spiro atoms. The number of hydrogen-bond acceptors (Lipinski definition) is 4. The van der Waals surface area contributed by atoms with E-state index in [1.807, 2.05) is 13.8 Å². The molecule has 1 fully saturated rings. The Kier molecular flexibility index (Phi) is 2.91. The second-order valence-corrected chi connectivity index (χ2v) is 5.44. The van der Waals surface area contributed by atoms with Gasteiger partial charge in [-0.05, 0) is 38.8 Å². The Morgan fingerprint density at radius 2 is 2.11 bits per heavy atom. The van der Waals surface area contributed by atoms with Gasteiger partial charge in [0.25, 0.3) is 0 Å². The van der Waals surface area contributed by atoms with Crippen molar-refractivity contribution in [1.29, 1.82) is 0 Å². The highest BCUT2D eigenvalue weighted by Gasteiger charge is 2.40. The molecule has 1 N–H and O–H groups in total. The van der Waals surface area contributed by atoms with E-state index in [-0.39, 0.29) is 18.0 Å². The van der Waals surface area contributed by atoms with Crippen molar-refractivity contribution in [2.24, 2.45) is 0 Å². The maximum atomic E-state index is 13.7. The highest BCUT2D eigenvalue weighted by Crippen LogP contribution is 2.36. The quantitative estimate of drug-likeness (QED) is 0.849. The van der Waals surface area contributed by atoms with E-state index < -0.39 is 11.6 Å². The third-order valence-electron chi connectivity index (χ3n) is 3.58. The highest BCUT2D eigenvalue weighted by atomic mass is 19.1. The molecular formula is C14H17FO4. The zero-order chi connectivity index (χ0) is 13.6. The normalized spacial score (nSPS) is 28.8. The largest absolute Gasteiger partial charge is 0.505 e. The summed E-state index contributed by atoms with van der Waals surface area (Å²) in [6.45, 7) is 4.20. The molecule has 1 saturated heterocycles. The Morgan fingerprint density at radius 1 is 1.32 bits per heavy atom. The molecule has 5 heteroatoms. The zero-order valence-electron chi connectivity index (χ0n) is 11.0. The summed E-state index contributed by atoms with van der Waals surface area (Å²) in [7, 11) is 0. The molecule has 0 bridgehead atoms. The lowest BCUT2D eigenvalue weighted by Gasteiger charge is -2.30. The van der Waals surface area contributed by atoms with E-state index in [1.54, 1.807) is 6.07 Å². The van der Waals surface area contributed by atoms with Gasteiger partial charge in [0.1, 0.15) is 18.0 Å². The first-order valence-corrected chi connectivity index (χ1v) is 6.45. The lowest BCUT2D eigenvalue weighted by atomic mass is 9.98. The van der Waals surface area contributed by atoms with Gasteiger partial charge in [-0.1, -0.05) is 0 Å². The van der Waals surface area contributed by atoms with Crippen LogP contribution in [0.25, 0.3) is 0 Å². The van der Waals surface area contributed by atoms with E-state index in [2.05, 4.69) is 0 Å². The third kappa shape index (κ3) is 2.28. The van der Waals surface area contributed by atoms with E-state index in [0.717, 1.165) is 0 Å². The summed E-state index contributed by atoms with van der Waals surface area (Å²) in [4.78, 5) is 0. The highest BCUT2D eigenvalue weighted by molar-refractivity contribution is 5.42. The molecule has 2 aliphatic rings. The van der Waals surface area contributed by atoms with Crippen molar-refractivity contribution in [3.8, 4) is 11.5 Å². The van der Waals surface area contributed by atoms with Gasteiger partial charge in [0.05, 0.1) is 6.61 Å². The Labute approximate surface area is 111 Å². The van der Waals surface area contributed by atoms with Crippen LogP contribution in [0.3, 0.4) is 0 Å². The number of ether oxygens (including phenoxy) is 3. The van der Waals surface area contributed by atoms with Crippen LogP contribution in [0.1, 0.15) is 25.8 Å². The molecule has 0 saturated carbocycles. The van der Waals surface area contributed by atoms with Gasteiger partial charge in [-0.2, -0.15) is 0 Å². The van der Waals surface area contributed by atoms with Gasteiger partial charge in [-0.3, -0.25) is 0 Å². The number of rotatable bonds is 1. The lowest BCUT2D eigenvalue weighted by Crippen LogP contribution is -2.37. The predicted octanol–water partition coefficient (Wildman–Crippen LogP) is 2.38. The van der Waals surface area contributed by atoms with Crippen molar-refractivity contribution in [2.75, 3.05) is 6.61 Å². The smallest absolute Gasteiger partial charge is 0.171 e. The molecule has 3 rings (SSSR count). The fourth-order valence-corrected chi connectivity index (χ4v) is 2.60. The predicted molar refractivity (Wildman–Crippen MR) is 65.7 cm³/mol. The van der Waals surface area contributed by atoms with Gasteiger partial charge in [0.15, 0.2) is 17.4 Å². The Bertz CT molecular complexity index is 500. The first-order chi connectivity index (χ1) is 8.96. The lowest BCUT2D eigenvalue weighted by molar-refractivity contribution is -0.149. The van der Waals surface area contributed by atoms with Gasteiger partial charge in [-0.15, -0.1) is 0 Å². The molecule has 2 atom stereocenters. The molecule has 2 aliphatic heterocycles. The number of hydrogen-bond donors (Lipinski definition) is 1. The van der Waals surface area contributed by atoms with Crippen molar-refractivity contribution in [1.82, 2.24) is 0 Å².